The fourth-order valence-corrected chi connectivity index (χ4v) is 2.38. The third-order valence-electron chi connectivity index (χ3n) is 2.91. The van der Waals surface area contributed by atoms with E-state index in [1.54, 1.807) is 0 Å². The van der Waals surface area contributed by atoms with E-state index in [1.807, 2.05) is 0 Å². The molecule has 1 fully saturated rings. The highest BCUT2D eigenvalue weighted by Crippen LogP contribution is 2.19. The number of hydrogen-bond acceptors (Lipinski definition) is 2. The standard InChI is InChI=1S/C12H17NS/c14-12-8-4-7-11(9-12)13-10-5-2-1-3-6-10/h4,7,9-10,13H,1-3,5-6,8H2. The van der Waals surface area contributed by atoms with E-state index in [2.05, 4.69) is 23.5 Å². The van der Waals surface area contributed by atoms with Crippen molar-refractivity contribution in [2.75, 3.05) is 0 Å². The van der Waals surface area contributed by atoms with Gasteiger partial charge in [-0.25, -0.2) is 0 Å². The van der Waals surface area contributed by atoms with Crippen LogP contribution in [0.4, 0.5) is 0 Å². The van der Waals surface area contributed by atoms with Gasteiger partial charge in [-0.2, -0.15) is 0 Å². The minimum atomic E-state index is 0.681. The summed E-state index contributed by atoms with van der Waals surface area (Å²) in [4.78, 5) is 1.05. The molecule has 76 valence electrons. The molecule has 0 aromatic rings. The first-order chi connectivity index (χ1) is 6.84. The number of hydrogen-bond donors (Lipinski definition) is 1. The molecule has 0 spiro atoms. The van der Waals surface area contributed by atoms with Gasteiger partial charge in [0, 0.05) is 23.0 Å². The maximum absolute atomic E-state index is 5.18. The summed E-state index contributed by atoms with van der Waals surface area (Å²) < 4.78 is 0. The second kappa shape index (κ2) is 4.74. The van der Waals surface area contributed by atoms with Gasteiger partial charge >= 0.3 is 0 Å². The first-order valence-corrected chi connectivity index (χ1v) is 5.93. The second-order valence-electron chi connectivity index (χ2n) is 4.15. The summed E-state index contributed by atoms with van der Waals surface area (Å²) >= 11 is 5.18. The van der Waals surface area contributed by atoms with Crippen LogP contribution in [0.25, 0.3) is 0 Å². The molecule has 0 radical (unpaired) electrons. The Labute approximate surface area is 91.3 Å². The van der Waals surface area contributed by atoms with Gasteiger partial charge in [0.25, 0.3) is 0 Å². The van der Waals surface area contributed by atoms with E-state index in [-0.39, 0.29) is 0 Å². The van der Waals surface area contributed by atoms with Crippen molar-refractivity contribution in [3.63, 3.8) is 0 Å². The van der Waals surface area contributed by atoms with Crippen LogP contribution in [0.3, 0.4) is 0 Å². The number of thiocarbonyl (C=S) groups is 1. The summed E-state index contributed by atoms with van der Waals surface area (Å²) in [5.41, 5.74) is 1.22. The van der Waals surface area contributed by atoms with E-state index < -0.39 is 0 Å². The van der Waals surface area contributed by atoms with Crippen LogP contribution in [0.1, 0.15) is 38.5 Å². The Bertz CT molecular complexity index is 272. The number of nitrogens with one attached hydrogen (secondary N) is 1. The maximum Gasteiger partial charge on any atom is 0.0350 e. The molecule has 2 aliphatic rings. The van der Waals surface area contributed by atoms with E-state index in [1.165, 1.54) is 37.8 Å². The molecule has 2 rings (SSSR count). The molecule has 0 saturated heterocycles. The molecular weight excluding hydrogens is 190 g/mol. The average molecular weight is 207 g/mol. The molecule has 0 aromatic carbocycles. The molecule has 1 nitrogen and oxygen atoms in total. The lowest BCUT2D eigenvalue weighted by atomic mass is 9.95. The minimum absolute atomic E-state index is 0.681. The molecule has 0 unspecified atom stereocenters. The van der Waals surface area contributed by atoms with Crippen LogP contribution >= 0.6 is 12.2 Å². The molecule has 0 amide bonds. The summed E-state index contributed by atoms with van der Waals surface area (Å²) in [6.45, 7) is 0. The van der Waals surface area contributed by atoms with Crippen LogP contribution in [0.5, 0.6) is 0 Å². The van der Waals surface area contributed by atoms with Gasteiger partial charge in [0.1, 0.15) is 0 Å². The monoisotopic (exact) mass is 207 g/mol. The Hall–Kier alpha value is -0.630. The highest BCUT2D eigenvalue weighted by atomic mass is 32.1. The van der Waals surface area contributed by atoms with Gasteiger partial charge in [-0.05, 0) is 25.0 Å². The molecule has 0 aromatic heterocycles. The van der Waals surface area contributed by atoms with E-state index in [9.17, 15) is 0 Å². The highest BCUT2D eigenvalue weighted by molar-refractivity contribution is 7.80. The summed E-state index contributed by atoms with van der Waals surface area (Å²) in [7, 11) is 0. The summed E-state index contributed by atoms with van der Waals surface area (Å²) in [6.07, 6.45) is 14.1. The summed E-state index contributed by atoms with van der Waals surface area (Å²) in [5.74, 6) is 0. The molecule has 14 heavy (non-hydrogen) atoms. The van der Waals surface area contributed by atoms with Crippen LogP contribution < -0.4 is 5.32 Å². The van der Waals surface area contributed by atoms with Crippen molar-refractivity contribution in [1.82, 2.24) is 5.32 Å². The van der Waals surface area contributed by atoms with Crippen molar-refractivity contribution in [1.29, 1.82) is 0 Å². The molecule has 0 atom stereocenters. The number of rotatable bonds is 2. The highest BCUT2D eigenvalue weighted by Gasteiger charge is 2.13. The molecule has 1 saturated carbocycles. The maximum atomic E-state index is 5.18. The first-order valence-electron chi connectivity index (χ1n) is 5.52. The van der Waals surface area contributed by atoms with E-state index in [0.29, 0.717) is 6.04 Å². The van der Waals surface area contributed by atoms with Gasteiger partial charge < -0.3 is 5.32 Å². The Balaban J connectivity index is 1.89. The van der Waals surface area contributed by atoms with E-state index in [0.717, 1.165) is 11.3 Å². The molecule has 0 heterocycles. The summed E-state index contributed by atoms with van der Waals surface area (Å²) in [5, 5.41) is 3.58. The lowest BCUT2D eigenvalue weighted by Gasteiger charge is -2.25. The molecular formula is C12H17NS. The molecule has 0 aliphatic heterocycles. The van der Waals surface area contributed by atoms with Gasteiger partial charge in [0.05, 0.1) is 0 Å². The Kier molecular flexibility index (Phi) is 3.35. The van der Waals surface area contributed by atoms with Gasteiger partial charge in [0.15, 0.2) is 0 Å². The van der Waals surface area contributed by atoms with Crippen LogP contribution in [0.2, 0.25) is 0 Å². The van der Waals surface area contributed by atoms with Crippen molar-refractivity contribution >= 4 is 17.1 Å². The van der Waals surface area contributed by atoms with Gasteiger partial charge in [0.2, 0.25) is 0 Å². The average Bonchev–Trinajstić information content (AvgIpc) is 2.19. The van der Waals surface area contributed by atoms with Crippen molar-refractivity contribution in [3.8, 4) is 0 Å². The smallest absolute Gasteiger partial charge is 0.0350 e. The van der Waals surface area contributed by atoms with E-state index in [4.69, 9.17) is 12.2 Å². The third-order valence-corrected chi connectivity index (χ3v) is 3.19. The van der Waals surface area contributed by atoms with Gasteiger partial charge in [-0.3, -0.25) is 0 Å². The zero-order valence-corrected chi connectivity index (χ0v) is 9.28. The van der Waals surface area contributed by atoms with Gasteiger partial charge in [-0.15, -0.1) is 0 Å². The minimum Gasteiger partial charge on any atom is -0.382 e. The van der Waals surface area contributed by atoms with Crippen LogP contribution in [0.15, 0.2) is 23.9 Å². The third kappa shape index (κ3) is 2.68. The van der Waals surface area contributed by atoms with Crippen molar-refractivity contribution in [2.24, 2.45) is 0 Å². The lowest BCUT2D eigenvalue weighted by Crippen LogP contribution is -2.30. The fraction of sp³-hybridized carbons (Fsp3) is 0.583. The molecule has 1 N–H and O–H groups in total. The zero-order chi connectivity index (χ0) is 9.80. The van der Waals surface area contributed by atoms with Crippen LogP contribution in [-0.2, 0) is 0 Å². The summed E-state index contributed by atoms with van der Waals surface area (Å²) in [6, 6.07) is 0.681. The molecule has 2 aliphatic carbocycles. The normalized spacial score (nSPS) is 23.4. The predicted molar refractivity (Wildman–Crippen MR) is 64.4 cm³/mol. The quantitative estimate of drug-likeness (QED) is 0.698. The van der Waals surface area contributed by atoms with E-state index >= 15 is 0 Å². The largest absolute Gasteiger partial charge is 0.382 e. The zero-order valence-electron chi connectivity index (χ0n) is 8.46. The van der Waals surface area contributed by atoms with Crippen molar-refractivity contribution in [2.45, 2.75) is 44.6 Å². The van der Waals surface area contributed by atoms with Gasteiger partial charge in [-0.1, -0.05) is 37.6 Å². The van der Waals surface area contributed by atoms with Crippen molar-refractivity contribution < 1.29 is 0 Å². The lowest BCUT2D eigenvalue weighted by molar-refractivity contribution is 0.399. The SMILES string of the molecule is S=C1C=C(NC2CCCCC2)C=CC1. The van der Waals surface area contributed by atoms with Crippen molar-refractivity contribution in [3.05, 3.63) is 23.9 Å². The Morgan fingerprint density at radius 3 is 2.71 bits per heavy atom. The second-order valence-corrected chi connectivity index (χ2v) is 4.68. The Morgan fingerprint density at radius 2 is 2.00 bits per heavy atom. The number of allylic oxidation sites excluding steroid dienone is 3. The van der Waals surface area contributed by atoms with Crippen LogP contribution in [-0.4, -0.2) is 10.9 Å². The molecule has 2 heteroatoms. The Morgan fingerprint density at radius 1 is 1.21 bits per heavy atom. The first kappa shape index (κ1) is 9.91. The van der Waals surface area contributed by atoms with Crippen LogP contribution in [0, 0.1) is 0 Å². The fourth-order valence-electron chi connectivity index (χ4n) is 2.15. The molecule has 0 bridgehead atoms. The topological polar surface area (TPSA) is 12.0 Å². The predicted octanol–water partition coefficient (Wildman–Crippen LogP) is 3.12.